The van der Waals surface area contributed by atoms with Gasteiger partial charge in [0, 0.05) is 32.7 Å². The lowest BCUT2D eigenvalue weighted by Gasteiger charge is -2.34. The molecule has 3 rings (SSSR count). The van der Waals surface area contributed by atoms with Gasteiger partial charge in [-0.2, -0.15) is 0 Å². The van der Waals surface area contributed by atoms with E-state index in [9.17, 15) is 4.79 Å². The van der Waals surface area contributed by atoms with Gasteiger partial charge in [-0.1, -0.05) is 12.1 Å². The first-order chi connectivity index (χ1) is 13.4. The zero-order valence-corrected chi connectivity index (χ0v) is 15.4. The van der Waals surface area contributed by atoms with E-state index in [1.165, 1.54) is 11.8 Å². The van der Waals surface area contributed by atoms with Crippen molar-refractivity contribution in [3.05, 3.63) is 54.0 Å². The van der Waals surface area contributed by atoms with Crippen LogP contribution in [0.4, 0.5) is 0 Å². The van der Waals surface area contributed by atoms with Crippen molar-refractivity contribution in [2.75, 3.05) is 33.3 Å². The van der Waals surface area contributed by atoms with E-state index in [-0.39, 0.29) is 5.91 Å². The number of furan rings is 1. The molecule has 0 atom stereocenters. The standard InChI is InChI=1S/C17H20N2O3.C2H2O4/c1-21-15-6-4-14(5-7-15)13-18-8-10-19(11-9-18)17(20)16-3-2-12-22-16;3-1(4)2(5)6/h2-7,12H,8-11,13H2,1H3;(H,3,4)(H,5,6). The van der Waals surface area contributed by atoms with Crippen LogP contribution in [-0.2, 0) is 16.1 Å². The van der Waals surface area contributed by atoms with Gasteiger partial charge in [0.25, 0.3) is 5.91 Å². The van der Waals surface area contributed by atoms with E-state index < -0.39 is 11.9 Å². The molecule has 2 heterocycles. The SMILES string of the molecule is COc1ccc(CN2CCN(C(=O)c3ccco3)CC2)cc1.O=C(O)C(=O)O. The smallest absolute Gasteiger partial charge is 0.414 e. The first-order valence-electron chi connectivity index (χ1n) is 8.55. The van der Waals surface area contributed by atoms with Gasteiger partial charge in [-0.25, -0.2) is 9.59 Å². The Hall–Kier alpha value is -3.33. The monoisotopic (exact) mass is 390 g/mol. The van der Waals surface area contributed by atoms with Crippen LogP contribution >= 0.6 is 0 Å². The summed E-state index contributed by atoms with van der Waals surface area (Å²) < 4.78 is 10.3. The minimum Gasteiger partial charge on any atom is -0.497 e. The molecule has 1 aliphatic heterocycles. The number of nitrogens with zero attached hydrogens (tertiary/aromatic N) is 2. The van der Waals surface area contributed by atoms with Gasteiger partial charge >= 0.3 is 11.9 Å². The van der Waals surface area contributed by atoms with Gasteiger partial charge in [-0.05, 0) is 29.8 Å². The zero-order valence-electron chi connectivity index (χ0n) is 15.4. The van der Waals surface area contributed by atoms with Gasteiger partial charge in [-0.15, -0.1) is 0 Å². The van der Waals surface area contributed by atoms with Gasteiger partial charge in [0.05, 0.1) is 13.4 Å². The molecule has 9 nitrogen and oxygen atoms in total. The lowest BCUT2D eigenvalue weighted by atomic mass is 10.2. The molecule has 0 unspecified atom stereocenters. The number of benzene rings is 1. The third-order valence-corrected chi connectivity index (χ3v) is 4.14. The maximum atomic E-state index is 12.2. The number of piperazine rings is 1. The number of amides is 1. The second kappa shape index (κ2) is 10.1. The van der Waals surface area contributed by atoms with Crippen molar-refractivity contribution in [1.82, 2.24) is 9.80 Å². The molecular weight excluding hydrogens is 368 g/mol. The summed E-state index contributed by atoms with van der Waals surface area (Å²) in [5.74, 6) is -2.37. The molecule has 1 saturated heterocycles. The summed E-state index contributed by atoms with van der Waals surface area (Å²) in [7, 11) is 1.67. The maximum absolute atomic E-state index is 12.2. The van der Waals surface area contributed by atoms with E-state index in [2.05, 4.69) is 17.0 Å². The van der Waals surface area contributed by atoms with Gasteiger partial charge in [0.15, 0.2) is 5.76 Å². The Balaban J connectivity index is 0.000000409. The van der Waals surface area contributed by atoms with Crippen molar-refractivity contribution >= 4 is 17.8 Å². The molecule has 1 fully saturated rings. The van der Waals surface area contributed by atoms with E-state index in [1.54, 1.807) is 19.2 Å². The van der Waals surface area contributed by atoms with Crippen molar-refractivity contribution in [2.24, 2.45) is 0 Å². The third-order valence-electron chi connectivity index (χ3n) is 4.14. The van der Waals surface area contributed by atoms with Crippen LogP contribution in [0.5, 0.6) is 5.75 Å². The van der Waals surface area contributed by atoms with Crippen LogP contribution < -0.4 is 4.74 Å². The highest BCUT2D eigenvalue weighted by Crippen LogP contribution is 2.15. The molecule has 1 amide bonds. The number of methoxy groups -OCH3 is 1. The Labute approximate surface area is 161 Å². The number of carbonyl (C=O) groups is 3. The van der Waals surface area contributed by atoms with Crippen molar-refractivity contribution in [2.45, 2.75) is 6.54 Å². The molecule has 1 aromatic carbocycles. The van der Waals surface area contributed by atoms with Crippen molar-refractivity contribution in [3.63, 3.8) is 0 Å². The largest absolute Gasteiger partial charge is 0.497 e. The van der Waals surface area contributed by atoms with Crippen LogP contribution in [0.1, 0.15) is 16.1 Å². The minimum absolute atomic E-state index is 0.0194. The molecule has 28 heavy (non-hydrogen) atoms. The fourth-order valence-corrected chi connectivity index (χ4v) is 2.65. The Morgan fingerprint density at radius 3 is 2.07 bits per heavy atom. The van der Waals surface area contributed by atoms with Crippen LogP contribution in [0.2, 0.25) is 0 Å². The lowest BCUT2D eigenvalue weighted by molar-refractivity contribution is -0.159. The van der Waals surface area contributed by atoms with E-state index in [0.29, 0.717) is 5.76 Å². The zero-order chi connectivity index (χ0) is 20.5. The van der Waals surface area contributed by atoms with Crippen molar-refractivity contribution in [1.29, 1.82) is 0 Å². The quantitative estimate of drug-likeness (QED) is 0.752. The predicted molar refractivity (Wildman–Crippen MR) is 98.2 cm³/mol. The molecule has 0 bridgehead atoms. The molecule has 0 radical (unpaired) electrons. The van der Waals surface area contributed by atoms with Crippen LogP contribution in [0.3, 0.4) is 0 Å². The Morgan fingerprint density at radius 2 is 1.61 bits per heavy atom. The number of ether oxygens (including phenoxy) is 1. The molecular formula is C19H22N2O7. The first kappa shape index (κ1) is 21.0. The van der Waals surface area contributed by atoms with E-state index in [0.717, 1.165) is 38.5 Å². The van der Waals surface area contributed by atoms with Crippen LogP contribution in [0, 0.1) is 0 Å². The van der Waals surface area contributed by atoms with Crippen LogP contribution in [0.15, 0.2) is 47.1 Å². The highest BCUT2D eigenvalue weighted by molar-refractivity contribution is 6.27. The predicted octanol–water partition coefficient (Wildman–Crippen LogP) is 1.40. The summed E-state index contributed by atoms with van der Waals surface area (Å²) in [6, 6.07) is 11.6. The average Bonchev–Trinajstić information content (AvgIpc) is 3.24. The number of rotatable bonds is 4. The summed E-state index contributed by atoms with van der Waals surface area (Å²) in [6.45, 7) is 4.11. The summed E-state index contributed by atoms with van der Waals surface area (Å²) in [5, 5.41) is 14.8. The fourth-order valence-electron chi connectivity index (χ4n) is 2.65. The number of hydrogen-bond donors (Lipinski definition) is 2. The fraction of sp³-hybridized carbons (Fsp3) is 0.316. The van der Waals surface area contributed by atoms with E-state index >= 15 is 0 Å². The highest BCUT2D eigenvalue weighted by Gasteiger charge is 2.23. The number of hydrogen-bond acceptors (Lipinski definition) is 6. The van der Waals surface area contributed by atoms with E-state index in [4.69, 9.17) is 29.0 Å². The Bertz CT molecular complexity index is 767. The Morgan fingerprint density at radius 1 is 1.00 bits per heavy atom. The van der Waals surface area contributed by atoms with Gasteiger partial charge in [0.1, 0.15) is 5.75 Å². The molecule has 150 valence electrons. The third kappa shape index (κ3) is 6.13. The number of carboxylic acids is 2. The highest BCUT2D eigenvalue weighted by atomic mass is 16.5. The molecule has 0 spiro atoms. The summed E-state index contributed by atoms with van der Waals surface area (Å²) in [6.07, 6.45) is 1.53. The van der Waals surface area contributed by atoms with Crippen molar-refractivity contribution < 1.29 is 33.8 Å². The maximum Gasteiger partial charge on any atom is 0.414 e. The van der Waals surface area contributed by atoms with Gasteiger partial charge in [0.2, 0.25) is 0 Å². The molecule has 1 aromatic heterocycles. The summed E-state index contributed by atoms with van der Waals surface area (Å²) in [5.41, 5.74) is 1.26. The molecule has 0 aliphatic carbocycles. The van der Waals surface area contributed by atoms with Crippen LogP contribution in [0.25, 0.3) is 0 Å². The normalized spacial score (nSPS) is 14.0. The minimum atomic E-state index is -1.82. The second-order valence-electron chi connectivity index (χ2n) is 6.00. The molecule has 2 aromatic rings. The summed E-state index contributed by atoms with van der Waals surface area (Å²) >= 11 is 0. The number of aliphatic carboxylic acids is 2. The van der Waals surface area contributed by atoms with Crippen molar-refractivity contribution in [3.8, 4) is 5.75 Å². The number of carbonyl (C=O) groups excluding carboxylic acids is 1. The van der Waals surface area contributed by atoms with Crippen LogP contribution in [-0.4, -0.2) is 71.1 Å². The van der Waals surface area contributed by atoms with Gasteiger partial charge < -0.3 is 24.3 Å². The average molecular weight is 390 g/mol. The lowest BCUT2D eigenvalue weighted by Crippen LogP contribution is -2.48. The number of carboxylic acid groups (broad SMARTS) is 2. The van der Waals surface area contributed by atoms with E-state index in [1.807, 2.05) is 17.0 Å². The molecule has 2 N–H and O–H groups in total. The topological polar surface area (TPSA) is 121 Å². The molecule has 1 aliphatic rings. The second-order valence-corrected chi connectivity index (χ2v) is 6.00. The summed E-state index contributed by atoms with van der Waals surface area (Å²) in [4.78, 5) is 34.6. The molecule has 9 heteroatoms. The first-order valence-corrected chi connectivity index (χ1v) is 8.55. The Kier molecular flexibility index (Phi) is 7.58. The van der Waals surface area contributed by atoms with Gasteiger partial charge in [-0.3, -0.25) is 9.69 Å². The molecule has 0 saturated carbocycles.